The van der Waals surface area contributed by atoms with Crippen molar-refractivity contribution >= 4 is 34.8 Å². The summed E-state index contributed by atoms with van der Waals surface area (Å²) in [5.74, 6) is 0.188. The predicted molar refractivity (Wildman–Crippen MR) is 134 cm³/mol. The number of fused-ring (bicyclic) bond motifs is 1. The van der Waals surface area contributed by atoms with E-state index in [2.05, 4.69) is 55.7 Å². The number of hydrogen-bond acceptors (Lipinski definition) is 2. The normalized spacial score (nSPS) is 24.0. The zero-order valence-electron chi connectivity index (χ0n) is 19.0. The fourth-order valence-corrected chi connectivity index (χ4v) is 6.24. The van der Waals surface area contributed by atoms with Gasteiger partial charge < -0.3 is 10.6 Å². The number of hydrogen-bond donors (Lipinski definition) is 2. The van der Waals surface area contributed by atoms with Crippen molar-refractivity contribution in [1.29, 1.82) is 0 Å². The zero-order valence-corrected chi connectivity index (χ0v) is 20.5. The number of halogens is 2. The molecule has 2 N–H and O–H groups in total. The van der Waals surface area contributed by atoms with Gasteiger partial charge in [-0.3, -0.25) is 4.79 Å². The lowest BCUT2D eigenvalue weighted by Gasteiger charge is -2.45. The molecule has 2 aliphatic rings. The van der Waals surface area contributed by atoms with Crippen molar-refractivity contribution in [2.45, 2.75) is 45.1 Å². The molecule has 0 bridgehead atoms. The molecular weight excluding hydrogens is 439 g/mol. The molecule has 168 valence electrons. The largest absolute Gasteiger partial charge is 0.325 e. The van der Waals surface area contributed by atoms with Crippen LogP contribution in [0.15, 0.2) is 59.7 Å². The van der Waals surface area contributed by atoms with Crippen LogP contribution < -0.4 is 10.6 Å². The van der Waals surface area contributed by atoms with E-state index in [0.717, 1.165) is 34.7 Å². The smallest absolute Gasteiger partial charge is 0.237 e. The van der Waals surface area contributed by atoms with Gasteiger partial charge in [-0.15, -0.1) is 0 Å². The Morgan fingerprint density at radius 2 is 2.00 bits per heavy atom. The maximum atomic E-state index is 14.1. The van der Waals surface area contributed by atoms with E-state index < -0.39 is 5.41 Å². The van der Waals surface area contributed by atoms with Gasteiger partial charge in [0.1, 0.15) is 0 Å². The Morgan fingerprint density at radius 3 is 2.69 bits per heavy atom. The maximum absolute atomic E-state index is 14.1. The lowest BCUT2D eigenvalue weighted by atomic mass is 9.58. The van der Waals surface area contributed by atoms with Crippen LogP contribution in [-0.2, 0) is 10.2 Å². The molecule has 32 heavy (non-hydrogen) atoms. The van der Waals surface area contributed by atoms with E-state index in [1.807, 2.05) is 37.4 Å². The Morgan fingerprint density at radius 1 is 1.22 bits per heavy atom. The lowest BCUT2D eigenvalue weighted by Crippen LogP contribution is -2.53. The van der Waals surface area contributed by atoms with Crippen LogP contribution >= 0.6 is 23.2 Å². The monoisotopic (exact) mass is 468 g/mol. The van der Waals surface area contributed by atoms with E-state index in [0.29, 0.717) is 5.02 Å². The number of rotatable bonds is 6. The highest BCUT2D eigenvalue weighted by atomic mass is 35.5. The van der Waals surface area contributed by atoms with Crippen LogP contribution in [0.4, 0.5) is 5.69 Å². The molecular formula is C27H30Cl2N2O. The van der Waals surface area contributed by atoms with E-state index in [4.69, 9.17) is 23.2 Å². The van der Waals surface area contributed by atoms with Crippen molar-refractivity contribution in [2.24, 2.45) is 11.8 Å². The molecule has 2 aromatic carbocycles. The second kappa shape index (κ2) is 9.05. The average molecular weight is 469 g/mol. The van der Waals surface area contributed by atoms with Crippen LogP contribution in [-0.4, -0.2) is 13.0 Å². The van der Waals surface area contributed by atoms with Crippen LogP contribution in [0.1, 0.15) is 48.1 Å². The number of aryl methyl sites for hydroxylation is 1. The van der Waals surface area contributed by atoms with E-state index in [1.165, 1.54) is 11.1 Å². The summed E-state index contributed by atoms with van der Waals surface area (Å²) in [4.78, 5) is 14.1. The van der Waals surface area contributed by atoms with Crippen molar-refractivity contribution < 1.29 is 4.79 Å². The summed E-state index contributed by atoms with van der Waals surface area (Å²) < 4.78 is 0. The lowest BCUT2D eigenvalue weighted by molar-refractivity contribution is -0.125. The van der Waals surface area contributed by atoms with E-state index in [-0.39, 0.29) is 23.8 Å². The number of amides is 1. The predicted octanol–water partition coefficient (Wildman–Crippen LogP) is 6.83. The maximum Gasteiger partial charge on any atom is 0.237 e. The van der Waals surface area contributed by atoms with Crippen molar-refractivity contribution in [3.05, 3.63) is 86.9 Å². The van der Waals surface area contributed by atoms with Crippen molar-refractivity contribution in [1.82, 2.24) is 5.32 Å². The number of carbonyl (C=O) groups excluding carboxylic acids is 1. The van der Waals surface area contributed by atoms with Gasteiger partial charge in [0.25, 0.3) is 0 Å². The van der Waals surface area contributed by atoms with E-state index in [9.17, 15) is 4.79 Å². The summed E-state index contributed by atoms with van der Waals surface area (Å²) in [7, 11) is 1.95. The van der Waals surface area contributed by atoms with Crippen molar-refractivity contribution in [3.63, 3.8) is 0 Å². The second-order valence-electron chi connectivity index (χ2n) is 8.91. The molecule has 1 aliphatic carbocycles. The quantitative estimate of drug-likeness (QED) is 0.487. The molecule has 5 heteroatoms. The second-order valence-corrected chi connectivity index (χ2v) is 9.83. The molecule has 4 rings (SSSR count). The highest BCUT2D eigenvalue weighted by Crippen LogP contribution is 2.56. The highest BCUT2D eigenvalue weighted by molar-refractivity contribution is 6.31. The van der Waals surface area contributed by atoms with Crippen LogP contribution in [0.25, 0.3) is 0 Å². The average Bonchev–Trinajstić information content (AvgIpc) is 3.04. The SMILES string of the molecule is CC[C@@H](C1C=CC=C(Cl)C1)[C@@]1([C@@H](NC)c2cccc(C)c2C)C(=O)Nc2cc(Cl)ccc21. The molecule has 1 aliphatic heterocycles. The molecule has 0 fully saturated rings. The van der Waals surface area contributed by atoms with Crippen LogP contribution in [0, 0.1) is 25.7 Å². The molecule has 0 spiro atoms. The molecule has 0 radical (unpaired) electrons. The van der Waals surface area contributed by atoms with Gasteiger partial charge in [0, 0.05) is 15.7 Å². The fourth-order valence-electron chi connectivity index (χ4n) is 5.82. The van der Waals surface area contributed by atoms with Gasteiger partial charge in [-0.2, -0.15) is 0 Å². The Labute approximate surface area is 200 Å². The highest BCUT2D eigenvalue weighted by Gasteiger charge is 2.58. The summed E-state index contributed by atoms with van der Waals surface area (Å²) in [5, 5.41) is 8.17. The first-order chi connectivity index (χ1) is 15.3. The molecule has 1 amide bonds. The third-order valence-electron chi connectivity index (χ3n) is 7.36. The van der Waals surface area contributed by atoms with Gasteiger partial charge in [0.05, 0.1) is 11.5 Å². The van der Waals surface area contributed by atoms with Crippen LogP contribution in [0.3, 0.4) is 0 Å². The Kier molecular flexibility index (Phi) is 6.53. The standard InChI is InChI=1S/C27H30Cl2N2O/c1-5-22(18-9-7-10-19(28)14-18)27(23-13-12-20(29)15-24(23)31-26(27)32)25(30-4)21-11-6-8-16(2)17(21)3/h6-13,15,18,22,25,30H,5,14H2,1-4H3,(H,31,32)/t18?,22-,25-,27+/m0/s1. The Bertz CT molecular complexity index is 1110. The van der Waals surface area contributed by atoms with E-state index >= 15 is 0 Å². The Hall–Kier alpha value is -2.07. The van der Waals surface area contributed by atoms with Crippen molar-refractivity contribution in [2.75, 3.05) is 12.4 Å². The first-order valence-electron chi connectivity index (χ1n) is 11.2. The van der Waals surface area contributed by atoms with E-state index in [1.54, 1.807) is 0 Å². The molecule has 3 nitrogen and oxygen atoms in total. The number of allylic oxidation sites excluding steroid dienone is 4. The number of likely N-dealkylation sites (N-methyl/N-ethyl adjacent to an activating group) is 1. The molecule has 0 saturated heterocycles. The van der Waals surface area contributed by atoms with Gasteiger partial charge in [-0.25, -0.2) is 0 Å². The third kappa shape index (κ3) is 3.61. The topological polar surface area (TPSA) is 41.1 Å². The first kappa shape index (κ1) is 23.1. The molecule has 1 heterocycles. The summed E-state index contributed by atoms with van der Waals surface area (Å²) in [6, 6.07) is 11.9. The molecule has 0 saturated carbocycles. The zero-order chi connectivity index (χ0) is 23.0. The van der Waals surface area contributed by atoms with Gasteiger partial charge in [-0.05, 0) is 79.6 Å². The third-order valence-corrected chi connectivity index (χ3v) is 7.88. The molecule has 0 aromatic heterocycles. The summed E-state index contributed by atoms with van der Waals surface area (Å²) >= 11 is 12.8. The van der Waals surface area contributed by atoms with Gasteiger partial charge in [0.15, 0.2) is 0 Å². The minimum Gasteiger partial charge on any atom is -0.325 e. The molecule has 4 atom stereocenters. The summed E-state index contributed by atoms with van der Waals surface area (Å²) in [6.07, 6.45) is 7.74. The van der Waals surface area contributed by atoms with Crippen molar-refractivity contribution in [3.8, 4) is 0 Å². The van der Waals surface area contributed by atoms with Crippen LogP contribution in [0.2, 0.25) is 5.02 Å². The molecule has 1 unspecified atom stereocenters. The Balaban J connectivity index is 2.00. The molecule has 2 aromatic rings. The first-order valence-corrected chi connectivity index (χ1v) is 12.0. The fraction of sp³-hybridized carbons (Fsp3) is 0.370. The van der Waals surface area contributed by atoms with Gasteiger partial charge >= 0.3 is 0 Å². The summed E-state index contributed by atoms with van der Waals surface area (Å²) in [6.45, 7) is 6.43. The van der Waals surface area contributed by atoms with Crippen LogP contribution in [0.5, 0.6) is 0 Å². The summed E-state index contributed by atoms with van der Waals surface area (Å²) in [5.41, 5.74) is 4.54. The minimum atomic E-state index is -0.814. The number of carbonyl (C=O) groups is 1. The number of benzene rings is 2. The number of nitrogens with one attached hydrogen (secondary N) is 2. The van der Waals surface area contributed by atoms with Gasteiger partial charge in [-0.1, -0.05) is 73.0 Å². The minimum absolute atomic E-state index is 0.0148. The van der Waals surface area contributed by atoms with Gasteiger partial charge in [0.2, 0.25) is 5.91 Å². The number of anilines is 1.